The monoisotopic (exact) mass is 424 g/mol. The molecule has 29 heavy (non-hydrogen) atoms. The summed E-state index contributed by atoms with van der Waals surface area (Å²) in [6, 6.07) is 14.2. The van der Waals surface area contributed by atoms with Crippen LogP contribution in [0.3, 0.4) is 0 Å². The molecule has 0 saturated carbocycles. The Morgan fingerprint density at radius 2 is 1.72 bits per heavy atom. The molecule has 1 N–H and O–H groups in total. The van der Waals surface area contributed by atoms with Gasteiger partial charge in [0.15, 0.2) is 5.13 Å². The fourth-order valence-corrected chi connectivity index (χ4v) is 3.68. The molecule has 0 aliphatic rings. The van der Waals surface area contributed by atoms with Crippen LogP contribution in [0, 0.1) is 5.41 Å². The molecular weight excluding hydrogens is 404 g/mol. The first-order valence-electron chi connectivity index (χ1n) is 9.24. The predicted molar refractivity (Wildman–Crippen MR) is 120 cm³/mol. The fourth-order valence-electron chi connectivity index (χ4n) is 2.64. The zero-order chi connectivity index (χ0) is 20.4. The van der Waals surface area contributed by atoms with E-state index in [0.29, 0.717) is 17.6 Å². The highest BCUT2D eigenvalue weighted by Gasteiger charge is 2.12. The van der Waals surface area contributed by atoms with Crippen molar-refractivity contribution in [1.29, 1.82) is 0 Å². The highest BCUT2D eigenvalue weighted by Crippen LogP contribution is 2.30. The number of thiazole rings is 1. The maximum Gasteiger partial charge on any atom is 0.316 e. The highest BCUT2D eigenvalue weighted by atomic mass is 35.5. The van der Waals surface area contributed by atoms with Crippen molar-refractivity contribution in [2.24, 2.45) is 5.41 Å². The topological polar surface area (TPSA) is 59.9 Å². The molecule has 4 rings (SSSR count). The Morgan fingerprint density at radius 1 is 1.00 bits per heavy atom. The molecule has 0 aliphatic heterocycles. The van der Waals surface area contributed by atoms with E-state index in [0.717, 1.165) is 32.2 Å². The minimum Gasteiger partial charge on any atom is -0.463 e. The third kappa shape index (κ3) is 5.02. The summed E-state index contributed by atoms with van der Waals surface area (Å²) in [6.07, 6.45) is 3.56. The average Bonchev–Trinajstić information content (AvgIpc) is 3.08. The third-order valence-corrected chi connectivity index (χ3v) is 5.27. The lowest BCUT2D eigenvalue weighted by atomic mass is 9.99. The number of nitrogens with one attached hydrogen (secondary N) is 1. The summed E-state index contributed by atoms with van der Waals surface area (Å²) in [7, 11) is 0. The van der Waals surface area contributed by atoms with E-state index in [9.17, 15) is 0 Å². The van der Waals surface area contributed by atoms with Gasteiger partial charge in [-0.3, -0.25) is 0 Å². The van der Waals surface area contributed by atoms with Gasteiger partial charge in [-0.15, -0.1) is 0 Å². The number of ether oxygens (including phenoxy) is 1. The first kappa shape index (κ1) is 19.6. The number of anilines is 2. The highest BCUT2D eigenvalue weighted by molar-refractivity contribution is 7.22. The summed E-state index contributed by atoms with van der Waals surface area (Å²) >= 11 is 7.63. The molecule has 0 fully saturated rings. The molecule has 0 atom stereocenters. The van der Waals surface area contributed by atoms with Gasteiger partial charge in [0.05, 0.1) is 16.8 Å². The minimum atomic E-state index is 0.0698. The van der Waals surface area contributed by atoms with Crippen LogP contribution in [0.15, 0.2) is 54.9 Å². The van der Waals surface area contributed by atoms with Crippen molar-refractivity contribution in [2.75, 3.05) is 11.9 Å². The van der Waals surface area contributed by atoms with E-state index < -0.39 is 0 Å². The Morgan fingerprint density at radius 3 is 2.41 bits per heavy atom. The summed E-state index contributed by atoms with van der Waals surface area (Å²) in [6.45, 7) is 6.91. The van der Waals surface area contributed by atoms with Crippen LogP contribution in [0.2, 0.25) is 5.02 Å². The van der Waals surface area contributed by atoms with E-state index in [1.807, 2.05) is 42.5 Å². The van der Waals surface area contributed by atoms with E-state index in [-0.39, 0.29) is 5.41 Å². The van der Waals surface area contributed by atoms with Crippen molar-refractivity contribution in [3.05, 3.63) is 59.9 Å². The molecule has 0 bridgehead atoms. The largest absolute Gasteiger partial charge is 0.463 e. The first-order chi connectivity index (χ1) is 13.9. The van der Waals surface area contributed by atoms with Crippen molar-refractivity contribution >= 4 is 44.0 Å². The van der Waals surface area contributed by atoms with Gasteiger partial charge in [0.25, 0.3) is 0 Å². The smallest absolute Gasteiger partial charge is 0.316 e. The van der Waals surface area contributed by atoms with Gasteiger partial charge in [-0.25, -0.2) is 15.0 Å². The lowest BCUT2D eigenvalue weighted by Gasteiger charge is -2.17. The summed E-state index contributed by atoms with van der Waals surface area (Å²) in [5, 5.41) is 4.87. The van der Waals surface area contributed by atoms with E-state index in [1.54, 1.807) is 23.7 Å². The molecule has 2 aromatic carbocycles. The summed E-state index contributed by atoms with van der Waals surface area (Å²) in [5.74, 6) is 0. The van der Waals surface area contributed by atoms with E-state index in [2.05, 4.69) is 41.0 Å². The van der Waals surface area contributed by atoms with Crippen molar-refractivity contribution in [3.8, 4) is 17.1 Å². The number of hydrogen-bond donors (Lipinski definition) is 1. The van der Waals surface area contributed by atoms with E-state index >= 15 is 0 Å². The number of fused-ring (bicyclic) bond motifs is 1. The Hall–Kier alpha value is -2.70. The minimum absolute atomic E-state index is 0.0698. The van der Waals surface area contributed by atoms with Gasteiger partial charge in [0, 0.05) is 28.7 Å². The predicted octanol–water partition coefficient (Wildman–Crippen LogP) is 6.58. The molecule has 0 radical (unpaired) electrons. The van der Waals surface area contributed by atoms with Gasteiger partial charge < -0.3 is 10.1 Å². The number of aromatic nitrogens is 3. The van der Waals surface area contributed by atoms with Gasteiger partial charge >= 0.3 is 6.01 Å². The zero-order valence-electron chi connectivity index (χ0n) is 16.4. The average molecular weight is 425 g/mol. The Bertz CT molecular complexity index is 1120. The van der Waals surface area contributed by atoms with Gasteiger partial charge in [-0.2, -0.15) is 0 Å². The molecule has 148 valence electrons. The molecule has 5 nitrogen and oxygen atoms in total. The summed E-state index contributed by atoms with van der Waals surface area (Å²) in [5.41, 5.74) is 3.90. The SMILES string of the molecule is CC(C)(C)COc1ncc(-c2ccc(Nc3nc4cc(Cl)ccc4s3)cc2)cn1. The molecule has 0 spiro atoms. The van der Waals surface area contributed by atoms with Gasteiger partial charge in [-0.05, 0) is 41.3 Å². The Labute approximate surface area is 178 Å². The number of rotatable bonds is 5. The van der Waals surface area contributed by atoms with Gasteiger partial charge in [0.2, 0.25) is 0 Å². The maximum absolute atomic E-state index is 6.04. The second-order valence-electron chi connectivity index (χ2n) is 7.94. The van der Waals surface area contributed by atoms with Gasteiger partial charge in [-0.1, -0.05) is 55.8 Å². The van der Waals surface area contributed by atoms with Crippen LogP contribution in [0.25, 0.3) is 21.3 Å². The quantitative estimate of drug-likeness (QED) is 0.392. The summed E-state index contributed by atoms with van der Waals surface area (Å²) in [4.78, 5) is 13.2. The van der Waals surface area contributed by atoms with Crippen LogP contribution in [-0.4, -0.2) is 21.6 Å². The van der Waals surface area contributed by atoms with E-state index in [4.69, 9.17) is 16.3 Å². The van der Waals surface area contributed by atoms with Crippen LogP contribution in [0.4, 0.5) is 10.8 Å². The van der Waals surface area contributed by atoms with Crippen LogP contribution in [0.1, 0.15) is 20.8 Å². The molecule has 4 aromatic rings. The summed E-state index contributed by atoms with van der Waals surface area (Å²) < 4.78 is 6.73. The Kier molecular flexibility index (Phi) is 5.39. The second-order valence-corrected chi connectivity index (χ2v) is 9.40. The van der Waals surface area contributed by atoms with Crippen LogP contribution >= 0.6 is 22.9 Å². The second kappa shape index (κ2) is 7.97. The molecule has 2 heterocycles. The standard InChI is InChI=1S/C22H21ClN4OS/c1-22(2,3)13-28-20-24-11-15(12-25-20)14-4-7-17(8-5-14)26-21-27-18-10-16(23)6-9-19(18)29-21/h4-12H,13H2,1-3H3,(H,26,27). The lowest BCUT2D eigenvalue weighted by Crippen LogP contribution is -2.17. The fraction of sp³-hybridized carbons (Fsp3) is 0.227. The van der Waals surface area contributed by atoms with Crippen LogP contribution < -0.4 is 10.1 Å². The zero-order valence-corrected chi connectivity index (χ0v) is 18.0. The molecule has 0 saturated heterocycles. The maximum atomic E-state index is 6.04. The molecule has 2 aromatic heterocycles. The Balaban J connectivity index is 1.44. The first-order valence-corrected chi connectivity index (χ1v) is 10.4. The lowest BCUT2D eigenvalue weighted by molar-refractivity contribution is 0.184. The third-order valence-electron chi connectivity index (χ3n) is 4.08. The number of nitrogens with zero attached hydrogens (tertiary/aromatic N) is 3. The molecule has 0 aliphatic carbocycles. The van der Waals surface area contributed by atoms with Crippen LogP contribution in [0.5, 0.6) is 6.01 Å². The normalized spacial score (nSPS) is 11.6. The number of benzene rings is 2. The van der Waals surface area contributed by atoms with Crippen molar-refractivity contribution < 1.29 is 4.74 Å². The van der Waals surface area contributed by atoms with Crippen molar-refractivity contribution in [2.45, 2.75) is 20.8 Å². The van der Waals surface area contributed by atoms with Gasteiger partial charge in [0.1, 0.15) is 0 Å². The van der Waals surface area contributed by atoms with Crippen LogP contribution in [-0.2, 0) is 0 Å². The molecular formula is C22H21ClN4OS. The molecule has 7 heteroatoms. The molecule has 0 unspecified atom stereocenters. The van der Waals surface area contributed by atoms with E-state index in [1.165, 1.54) is 0 Å². The number of halogens is 1. The number of hydrogen-bond acceptors (Lipinski definition) is 6. The van der Waals surface area contributed by atoms with Crippen molar-refractivity contribution in [1.82, 2.24) is 15.0 Å². The molecule has 0 amide bonds. The van der Waals surface area contributed by atoms with Crippen molar-refractivity contribution in [3.63, 3.8) is 0 Å².